The average Bonchev–Trinajstić information content (AvgIpc) is 2.70. The molecule has 0 bridgehead atoms. The molecule has 1 amide bonds. The van der Waals surface area contributed by atoms with Crippen LogP contribution in [0.15, 0.2) is 60.7 Å². The minimum atomic E-state index is -1.64. The number of esters is 1. The Balaban J connectivity index is 1.83. The number of rotatable bonds is 9. The molecule has 2 atom stereocenters. The van der Waals surface area contributed by atoms with Crippen molar-refractivity contribution in [3.8, 4) is 0 Å². The van der Waals surface area contributed by atoms with Gasteiger partial charge in [-0.1, -0.05) is 60.7 Å². The molecule has 0 aliphatic rings. The van der Waals surface area contributed by atoms with Crippen LogP contribution in [-0.2, 0) is 25.5 Å². The SMILES string of the molecule is CC(CNC(=O)Cc1ccccc1)NCC(OC(=O)C(=O)O)c1ccccc1. The summed E-state index contributed by atoms with van der Waals surface area (Å²) < 4.78 is 5.06. The lowest BCUT2D eigenvalue weighted by Crippen LogP contribution is -2.41. The van der Waals surface area contributed by atoms with Gasteiger partial charge >= 0.3 is 11.9 Å². The molecule has 2 aromatic carbocycles. The maximum absolute atomic E-state index is 12.0. The number of benzene rings is 2. The van der Waals surface area contributed by atoms with Gasteiger partial charge in [0, 0.05) is 19.1 Å². The molecule has 0 saturated carbocycles. The third-order valence-electron chi connectivity index (χ3n) is 4.06. The Labute approximate surface area is 163 Å². The van der Waals surface area contributed by atoms with E-state index in [0.717, 1.165) is 5.56 Å². The molecule has 0 aromatic heterocycles. The molecule has 3 N–H and O–H groups in total. The van der Waals surface area contributed by atoms with Crippen molar-refractivity contribution in [3.63, 3.8) is 0 Å². The lowest BCUT2D eigenvalue weighted by atomic mass is 10.1. The molecule has 0 spiro atoms. The second kappa shape index (κ2) is 10.8. The molecule has 0 aliphatic heterocycles. The van der Waals surface area contributed by atoms with Gasteiger partial charge in [-0.3, -0.25) is 4.79 Å². The van der Waals surface area contributed by atoms with E-state index in [2.05, 4.69) is 10.6 Å². The van der Waals surface area contributed by atoms with Gasteiger partial charge in [0.25, 0.3) is 0 Å². The lowest BCUT2D eigenvalue weighted by molar-refractivity contribution is -0.167. The molecule has 0 fully saturated rings. The standard InChI is InChI=1S/C21H24N2O5/c1-15(13-23-19(24)12-16-8-4-2-5-9-16)22-14-18(28-21(27)20(25)26)17-10-6-3-7-11-17/h2-11,15,18,22H,12-14H2,1H3,(H,23,24)(H,25,26). The van der Waals surface area contributed by atoms with E-state index >= 15 is 0 Å². The van der Waals surface area contributed by atoms with E-state index in [1.807, 2.05) is 43.3 Å². The monoisotopic (exact) mass is 384 g/mol. The molecule has 2 aromatic rings. The van der Waals surface area contributed by atoms with Crippen molar-refractivity contribution in [2.45, 2.75) is 25.5 Å². The maximum atomic E-state index is 12.0. The van der Waals surface area contributed by atoms with Gasteiger partial charge < -0.3 is 20.5 Å². The van der Waals surface area contributed by atoms with E-state index in [-0.39, 0.29) is 18.5 Å². The number of carbonyl (C=O) groups excluding carboxylic acids is 2. The summed E-state index contributed by atoms with van der Waals surface area (Å²) in [6.07, 6.45) is -0.441. The van der Waals surface area contributed by atoms with E-state index in [1.165, 1.54) is 0 Å². The highest BCUT2D eigenvalue weighted by Crippen LogP contribution is 2.16. The van der Waals surface area contributed by atoms with Crippen LogP contribution in [0.1, 0.15) is 24.2 Å². The van der Waals surface area contributed by atoms with E-state index in [1.54, 1.807) is 24.3 Å². The molecule has 28 heavy (non-hydrogen) atoms. The number of carbonyl (C=O) groups is 3. The fraction of sp³-hybridized carbons (Fsp3) is 0.286. The highest BCUT2D eigenvalue weighted by atomic mass is 16.6. The Morgan fingerprint density at radius 1 is 0.964 bits per heavy atom. The number of nitrogens with one attached hydrogen (secondary N) is 2. The van der Waals surface area contributed by atoms with Crippen LogP contribution in [0.4, 0.5) is 0 Å². The zero-order chi connectivity index (χ0) is 20.4. The average molecular weight is 384 g/mol. The molecule has 2 unspecified atom stereocenters. The van der Waals surface area contributed by atoms with Crippen molar-refractivity contribution in [1.29, 1.82) is 0 Å². The number of hydrogen-bond acceptors (Lipinski definition) is 5. The minimum absolute atomic E-state index is 0.0863. The Bertz CT molecular complexity index is 780. The van der Waals surface area contributed by atoms with Crippen LogP contribution in [-0.4, -0.2) is 42.1 Å². The maximum Gasteiger partial charge on any atom is 0.417 e. The van der Waals surface area contributed by atoms with Crippen molar-refractivity contribution in [2.24, 2.45) is 0 Å². The Hall–Kier alpha value is -3.19. The van der Waals surface area contributed by atoms with Crippen LogP contribution in [0.2, 0.25) is 0 Å². The summed E-state index contributed by atoms with van der Waals surface area (Å²) in [4.78, 5) is 34.3. The second-order valence-corrected chi connectivity index (χ2v) is 6.39. The summed E-state index contributed by atoms with van der Waals surface area (Å²) in [5.74, 6) is -3.03. The molecule has 7 nitrogen and oxygen atoms in total. The smallest absolute Gasteiger partial charge is 0.417 e. The third-order valence-corrected chi connectivity index (χ3v) is 4.06. The topological polar surface area (TPSA) is 105 Å². The summed E-state index contributed by atoms with van der Waals surface area (Å²) in [6, 6.07) is 18.2. The van der Waals surface area contributed by atoms with E-state index < -0.39 is 18.0 Å². The number of carboxylic acid groups (broad SMARTS) is 1. The summed E-state index contributed by atoms with van der Waals surface area (Å²) in [6.45, 7) is 2.49. The molecule has 2 rings (SSSR count). The molecule has 148 valence electrons. The van der Waals surface area contributed by atoms with Crippen LogP contribution >= 0.6 is 0 Å². The number of carboxylic acids is 1. The first-order valence-corrected chi connectivity index (χ1v) is 8.98. The van der Waals surface area contributed by atoms with Gasteiger partial charge in [0.05, 0.1) is 6.42 Å². The van der Waals surface area contributed by atoms with Crippen LogP contribution in [0, 0.1) is 0 Å². The Kier molecular flexibility index (Phi) is 8.17. The summed E-state index contributed by atoms with van der Waals surface area (Å²) >= 11 is 0. The first-order valence-electron chi connectivity index (χ1n) is 8.98. The van der Waals surface area contributed by atoms with E-state index in [4.69, 9.17) is 9.84 Å². The van der Waals surface area contributed by atoms with Crippen LogP contribution in [0.3, 0.4) is 0 Å². The van der Waals surface area contributed by atoms with Gasteiger partial charge in [0.2, 0.25) is 5.91 Å². The third kappa shape index (κ3) is 7.20. The van der Waals surface area contributed by atoms with Crippen molar-refractivity contribution in [1.82, 2.24) is 10.6 Å². The van der Waals surface area contributed by atoms with E-state index in [0.29, 0.717) is 18.5 Å². The van der Waals surface area contributed by atoms with Gasteiger partial charge in [0.15, 0.2) is 0 Å². The minimum Gasteiger partial charge on any atom is -0.473 e. The van der Waals surface area contributed by atoms with Crippen LogP contribution in [0.25, 0.3) is 0 Å². The fourth-order valence-electron chi connectivity index (χ4n) is 2.57. The molecule has 0 heterocycles. The first-order chi connectivity index (χ1) is 13.5. The molecular formula is C21H24N2O5. The van der Waals surface area contributed by atoms with Crippen LogP contribution < -0.4 is 10.6 Å². The highest BCUT2D eigenvalue weighted by Gasteiger charge is 2.22. The lowest BCUT2D eigenvalue weighted by Gasteiger charge is -2.21. The van der Waals surface area contributed by atoms with Crippen molar-refractivity contribution in [3.05, 3.63) is 71.8 Å². The number of ether oxygens (including phenoxy) is 1. The zero-order valence-electron chi connectivity index (χ0n) is 15.6. The zero-order valence-corrected chi connectivity index (χ0v) is 15.6. The molecular weight excluding hydrogens is 360 g/mol. The largest absolute Gasteiger partial charge is 0.473 e. The predicted octanol–water partition coefficient (Wildman–Crippen LogP) is 1.69. The van der Waals surface area contributed by atoms with Crippen molar-refractivity contribution < 1.29 is 24.2 Å². The summed E-state index contributed by atoms with van der Waals surface area (Å²) in [5.41, 5.74) is 1.62. The van der Waals surface area contributed by atoms with Gasteiger partial charge in [0.1, 0.15) is 6.10 Å². The van der Waals surface area contributed by atoms with E-state index in [9.17, 15) is 14.4 Å². The van der Waals surface area contributed by atoms with Gasteiger partial charge in [-0.15, -0.1) is 0 Å². The number of amides is 1. The second-order valence-electron chi connectivity index (χ2n) is 6.39. The molecule has 7 heteroatoms. The quantitative estimate of drug-likeness (QED) is 0.449. The summed E-state index contributed by atoms with van der Waals surface area (Å²) in [7, 11) is 0. The molecule has 0 saturated heterocycles. The van der Waals surface area contributed by atoms with Crippen LogP contribution in [0.5, 0.6) is 0 Å². The Morgan fingerprint density at radius 2 is 1.57 bits per heavy atom. The van der Waals surface area contributed by atoms with Gasteiger partial charge in [-0.05, 0) is 18.1 Å². The molecule has 0 aliphatic carbocycles. The number of aliphatic carboxylic acids is 1. The van der Waals surface area contributed by atoms with Gasteiger partial charge in [-0.25, -0.2) is 9.59 Å². The predicted molar refractivity (Wildman–Crippen MR) is 104 cm³/mol. The normalized spacial score (nSPS) is 12.6. The van der Waals surface area contributed by atoms with Gasteiger partial charge in [-0.2, -0.15) is 0 Å². The van der Waals surface area contributed by atoms with Crippen molar-refractivity contribution in [2.75, 3.05) is 13.1 Å². The first kappa shape index (κ1) is 21.1. The summed E-state index contributed by atoms with van der Waals surface area (Å²) in [5, 5.41) is 14.8. The van der Waals surface area contributed by atoms with Crippen molar-refractivity contribution >= 4 is 17.8 Å². The molecule has 0 radical (unpaired) electrons. The Morgan fingerprint density at radius 3 is 2.18 bits per heavy atom. The number of hydrogen-bond donors (Lipinski definition) is 3. The highest BCUT2D eigenvalue weighted by molar-refractivity contribution is 6.28. The fourth-order valence-corrected chi connectivity index (χ4v) is 2.57.